The summed E-state index contributed by atoms with van der Waals surface area (Å²) in [5, 5.41) is 0. The lowest BCUT2D eigenvalue weighted by molar-refractivity contribution is 0.308. The van der Waals surface area contributed by atoms with Crippen LogP contribution >= 0.6 is 0 Å². The van der Waals surface area contributed by atoms with Gasteiger partial charge in [0.15, 0.2) is 0 Å². The lowest BCUT2D eigenvalue weighted by Gasteiger charge is -2.22. The zero-order valence-electron chi connectivity index (χ0n) is 13.5. The van der Waals surface area contributed by atoms with Crippen LogP contribution in [-0.4, -0.2) is 7.11 Å². The first-order chi connectivity index (χ1) is 10.7. The first-order valence-electron chi connectivity index (χ1n) is 7.81. The van der Waals surface area contributed by atoms with E-state index in [-0.39, 0.29) is 0 Å². The quantitative estimate of drug-likeness (QED) is 0.721. The van der Waals surface area contributed by atoms with E-state index < -0.39 is 0 Å². The summed E-state index contributed by atoms with van der Waals surface area (Å²) < 4.78 is 5.67. The largest absolute Gasteiger partial charge is 0.496 e. The van der Waals surface area contributed by atoms with Gasteiger partial charge in [-0.3, -0.25) is 0 Å². The summed E-state index contributed by atoms with van der Waals surface area (Å²) in [5.41, 5.74) is 7.72. The van der Waals surface area contributed by atoms with E-state index in [1.54, 1.807) is 7.11 Å². The fourth-order valence-corrected chi connectivity index (χ4v) is 3.07. The lowest BCUT2D eigenvalue weighted by Crippen LogP contribution is -2.03. The van der Waals surface area contributed by atoms with Crippen molar-refractivity contribution < 1.29 is 4.74 Å². The Balaban J connectivity index is 2.19. The van der Waals surface area contributed by atoms with Crippen molar-refractivity contribution in [3.05, 3.63) is 82.6 Å². The highest BCUT2D eigenvalue weighted by Gasteiger charge is 2.19. The van der Waals surface area contributed by atoms with Crippen molar-refractivity contribution in [2.45, 2.75) is 26.7 Å². The Labute approximate surface area is 133 Å². The normalized spacial score (nSPS) is 14.8. The molecular formula is C21H22O. The van der Waals surface area contributed by atoms with Crippen LogP contribution in [0.1, 0.15) is 35.1 Å². The van der Waals surface area contributed by atoms with Crippen LogP contribution in [0.25, 0.3) is 11.1 Å². The van der Waals surface area contributed by atoms with Crippen LogP contribution < -0.4 is 0 Å². The summed E-state index contributed by atoms with van der Waals surface area (Å²) in [4.78, 5) is 0. The van der Waals surface area contributed by atoms with Crippen LogP contribution in [0.2, 0.25) is 0 Å². The molecule has 0 aromatic heterocycles. The van der Waals surface area contributed by atoms with Crippen LogP contribution in [-0.2, 0) is 4.74 Å². The minimum Gasteiger partial charge on any atom is -0.496 e. The molecule has 0 atom stereocenters. The molecule has 0 radical (unpaired) electrons. The number of rotatable bonds is 3. The van der Waals surface area contributed by atoms with Crippen molar-refractivity contribution in [2.24, 2.45) is 0 Å². The highest BCUT2D eigenvalue weighted by Crippen LogP contribution is 2.39. The average Bonchev–Trinajstić information content (AvgIpc) is 2.55. The van der Waals surface area contributed by atoms with E-state index in [0.717, 1.165) is 18.6 Å². The second-order valence-electron chi connectivity index (χ2n) is 5.90. The third kappa shape index (κ3) is 2.85. The minimum atomic E-state index is 0.992. The molecule has 0 saturated heterocycles. The predicted octanol–water partition coefficient (Wildman–Crippen LogP) is 5.54. The van der Waals surface area contributed by atoms with Gasteiger partial charge in [-0.15, -0.1) is 0 Å². The molecule has 2 aromatic carbocycles. The molecule has 1 heteroatoms. The van der Waals surface area contributed by atoms with Crippen molar-refractivity contribution in [2.75, 3.05) is 7.11 Å². The first kappa shape index (κ1) is 14.6. The molecule has 112 valence electrons. The molecular weight excluding hydrogens is 268 g/mol. The van der Waals surface area contributed by atoms with Gasteiger partial charge < -0.3 is 4.74 Å². The number of hydrogen-bond acceptors (Lipinski definition) is 1. The van der Waals surface area contributed by atoms with Gasteiger partial charge >= 0.3 is 0 Å². The van der Waals surface area contributed by atoms with Crippen molar-refractivity contribution in [1.29, 1.82) is 0 Å². The molecule has 0 heterocycles. The molecule has 0 unspecified atom stereocenters. The lowest BCUT2D eigenvalue weighted by atomic mass is 9.86. The third-order valence-electron chi connectivity index (χ3n) is 4.20. The Morgan fingerprint density at radius 3 is 2.32 bits per heavy atom. The maximum atomic E-state index is 5.67. The number of allylic oxidation sites excluding steroid dienone is 3. The van der Waals surface area contributed by atoms with Gasteiger partial charge in [-0.2, -0.15) is 0 Å². The van der Waals surface area contributed by atoms with Gasteiger partial charge in [0.1, 0.15) is 5.76 Å². The van der Waals surface area contributed by atoms with Crippen LogP contribution in [0, 0.1) is 13.8 Å². The molecule has 0 fully saturated rings. The molecule has 0 amide bonds. The summed E-state index contributed by atoms with van der Waals surface area (Å²) in [6.07, 6.45) is 4.29. The van der Waals surface area contributed by atoms with E-state index >= 15 is 0 Å². The monoisotopic (exact) mass is 290 g/mol. The molecule has 1 aliphatic rings. The summed E-state index contributed by atoms with van der Waals surface area (Å²) >= 11 is 0. The molecule has 0 saturated carbocycles. The highest BCUT2D eigenvalue weighted by atomic mass is 16.5. The highest BCUT2D eigenvalue weighted by molar-refractivity contribution is 5.98. The van der Waals surface area contributed by atoms with Crippen LogP contribution in [0.5, 0.6) is 0 Å². The smallest absolute Gasteiger partial charge is 0.123 e. The van der Waals surface area contributed by atoms with Crippen LogP contribution in [0.3, 0.4) is 0 Å². The van der Waals surface area contributed by atoms with Gasteiger partial charge in [0.25, 0.3) is 0 Å². The van der Waals surface area contributed by atoms with E-state index in [4.69, 9.17) is 4.74 Å². The molecule has 2 aromatic rings. The molecule has 1 aliphatic carbocycles. The molecule has 0 bridgehead atoms. The van der Waals surface area contributed by atoms with E-state index in [9.17, 15) is 0 Å². The zero-order valence-corrected chi connectivity index (χ0v) is 13.5. The Hall–Kier alpha value is -2.28. The van der Waals surface area contributed by atoms with E-state index in [1.165, 1.54) is 33.4 Å². The summed E-state index contributed by atoms with van der Waals surface area (Å²) in [6, 6.07) is 17.5. The Bertz CT molecular complexity index is 733. The fourth-order valence-electron chi connectivity index (χ4n) is 3.07. The molecule has 3 rings (SSSR count). The molecule has 0 N–H and O–H groups in total. The van der Waals surface area contributed by atoms with Gasteiger partial charge in [0.2, 0.25) is 0 Å². The fraction of sp³-hybridized carbons (Fsp3) is 0.238. The number of hydrogen-bond donors (Lipinski definition) is 0. The van der Waals surface area contributed by atoms with Crippen molar-refractivity contribution >= 4 is 11.1 Å². The molecule has 22 heavy (non-hydrogen) atoms. The Morgan fingerprint density at radius 1 is 0.864 bits per heavy atom. The summed E-state index contributed by atoms with van der Waals surface area (Å²) in [5.74, 6) is 0.992. The standard InChI is InChI=1S/C21H22O/c1-15-10-12-17(13-11-15)21-19(8-5-9-20(21)22-3)18-7-4-6-16(2)14-18/h4,6-7,9-14H,5,8H2,1-3H3. The van der Waals surface area contributed by atoms with Crippen LogP contribution in [0.15, 0.2) is 60.4 Å². The Kier molecular flexibility index (Phi) is 4.15. The predicted molar refractivity (Wildman–Crippen MR) is 93.5 cm³/mol. The van der Waals surface area contributed by atoms with Crippen molar-refractivity contribution in [1.82, 2.24) is 0 Å². The SMILES string of the molecule is COC1=CCCC(c2cccc(C)c2)=C1c1ccc(C)cc1. The number of aryl methyl sites for hydroxylation is 2. The van der Waals surface area contributed by atoms with Gasteiger partial charge in [-0.25, -0.2) is 0 Å². The molecule has 0 spiro atoms. The number of ether oxygens (including phenoxy) is 1. The molecule has 0 aliphatic heterocycles. The summed E-state index contributed by atoms with van der Waals surface area (Å²) in [7, 11) is 1.76. The van der Waals surface area contributed by atoms with Crippen molar-refractivity contribution in [3.8, 4) is 0 Å². The van der Waals surface area contributed by atoms with Gasteiger partial charge in [-0.05, 0) is 49.5 Å². The zero-order chi connectivity index (χ0) is 15.5. The second-order valence-corrected chi connectivity index (χ2v) is 5.90. The first-order valence-corrected chi connectivity index (χ1v) is 7.81. The third-order valence-corrected chi connectivity index (χ3v) is 4.20. The van der Waals surface area contributed by atoms with E-state index in [1.807, 2.05) is 0 Å². The topological polar surface area (TPSA) is 9.23 Å². The average molecular weight is 290 g/mol. The maximum Gasteiger partial charge on any atom is 0.123 e. The number of methoxy groups -OCH3 is 1. The van der Waals surface area contributed by atoms with Crippen molar-refractivity contribution in [3.63, 3.8) is 0 Å². The van der Waals surface area contributed by atoms with E-state index in [0.29, 0.717) is 0 Å². The van der Waals surface area contributed by atoms with Gasteiger partial charge in [0, 0.05) is 5.57 Å². The van der Waals surface area contributed by atoms with Gasteiger partial charge in [0.05, 0.1) is 7.11 Å². The van der Waals surface area contributed by atoms with E-state index in [2.05, 4.69) is 68.5 Å². The maximum absolute atomic E-state index is 5.67. The molecule has 1 nitrogen and oxygen atoms in total. The minimum absolute atomic E-state index is 0.992. The van der Waals surface area contributed by atoms with Crippen LogP contribution in [0.4, 0.5) is 0 Å². The Morgan fingerprint density at radius 2 is 1.64 bits per heavy atom. The second kappa shape index (κ2) is 6.23. The summed E-state index contributed by atoms with van der Waals surface area (Å²) in [6.45, 7) is 4.26. The van der Waals surface area contributed by atoms with Gasteiger partial charge in [-0.1, -0.05) is 59.7 Å². The number of benzene rings is 2.